The van der Waals surface area contributed by atoms with Crippen LogP contribution in [0.2, 0.25) is 0 Å². The van der Waals surface area contributed by atoms with Crippen molar-refractivity contribution in [1.29, 1.82) is 0 Å². The zero-order chi connectivity index (χ0) is 26.4. The predicted octanol–water partition coefficient (Wildman–Crippen LogP) is 7.31. The molecule has 0 bridgehead atoms. The topological polar surface area (TPSA) is 57.0 Å². The lowest BCUT2D eigenvalue weighted by atomic mass is 10.2. The maximum absolute atomic E-state index is 12.8. The molecule has 0 amide bonds. The molecular weight excluding hydrogens is 1210 g/mol. The molecule has 0 radical (unpaired) electrons. The zero-order valence-electron chi connectivity index (χ0n) is 18.2. The smallest absolute Gasteiger partial charge is 0.340 e. The Labute approximate surface area is 299 Å². The number of rotatable bonds is 9. The first-order chi connectivity index (χ1) is 17.1. The molecule has 0 saturated heterocycles. The van der Waals surface area contributed by atoms with Crippen LogP contribution in [0.1, 0.15) is 20.7 Å². The third kappa shape index (κ3) is 8.96. The highest BCUT2D eigenvalue weighted by atomic mass is 127. The van der Waals surface area contributed by atoms with Gasteiger partial charge in [-0.3, -0.25) is 4.90 Å². The van der Waals surface area contributed by atoms with Gasteiger partial charge in [0, 0.05) is 32.0 Å². The summed E-state index contributed by atoms with van der Waals surface area (Å²) in [5.41, 5.74) is 2.20. The number of hydrogen-bond donors (Lipinski definition) is 1. The SMILES string of the molecule is O=C(OCC[NH+](CCOC(=O)c1c(I)ccc(I)c1I)c1cccc(Br)c1)c1cc(I)cc(I)c1I. The van der Waals surface area contributed by atoms with Crippen molar-refractivity contribution in [2.45, 2.75) is 0 Å². The predicted molar refractivity (Wildman–Crippen MR) is 194 cm³/mol. The summed E-state index contributed by atoms with van der Waals surface area (Å²) in [5, 5.41) is 0. The Morgan fingerprint density at radius 3 is 2.06 bits per heavy atom. The van der Waals surface area contributed by atoms with Crippen molar-refractivity contribution in [1.82, 2.24) is 0 Å². The van der Waals surface area contributed by atoms with E-state index in [4.69, 9.17) is 9.47 Å². The fraction of sp³-hybridized carbons (Fsp3) is 0.167. The number of esters is 2. The van der Waals surface area contributed by atoms with Crippen LogP contribution in [0.4, 0.5) is 5.69 Å². The van der Waals surface area contributed by atoms with Gasteiger partial charge < -0.3 is 9.47 Å². The van der Waals surface area contributed by atoms with E-state index < -0.39 is 0 Å². The molecule has 5 nitrogen and oxygen atoms in total. The Morgan fingerprint density at radius 2 is 1.39 bits per heavy atom. The zero-order valence-corrected chi connectivity index (χ0v) is 32.8. The molecule has 36 heavy (non-hydrogen) atoms. The normalized spacial score (nSPS) is 11.8. The molecule has 0 saturated carbocycles. The van der Waals surface area contributed by atoms with Gasteiger partial charge >= 0.3 is 11.9 Å². The maximum Gasteiger partial charge on any atom is 0.340 e. The number of hydrogen-bond acceptors (Lipinski definition) is 4. The van der Waals surface area contributed by atoms with E-state index in [-0.39, 0.29) is 25.2 Å². The van der Waals surface area contributed by atoms with E-state index in [1.54, 1.807) is 0 Å². The first kappa shape index (κ1) is 31.9. The summed E-state index contributed by atoms with van der Waals surface area (Å²) in [7, 11) is 0. The number of quaternary nitrogens is 1. The van der Waals surface area contributed by atoms with Crippen molar-refractivity contribution in [3.05, 3.63) is 85.6 Å². The van der Waals surface area contributed by atoms with Gasteiger partial charge in [0.25, 0.3) is 0 Å². The number of halogens is 7. The number of nitrogens with one attached hydrogen (secondary N) is 1. The molecule has 0 aliphatic carbocycles. The van der Waals surface area contributed by atoms with Crippen LogP contribution in [-0.2, 0) is 9.47 Å². The number of ether oxygens (including phenoxy) is 2. The lowest BCUT2D eigenvalue weighted by Crippen LogP contribution is -3.08. The highest BCUT2D eigenvalue weighted by Crippen LogP contribution is 2.25. The summed E-state index contributed by atoms with van der Waals surface area (Å²) in [6, 6.07) is 15.7. The Balaban J connectivity index is 1.66. The lowest BCUT2D eigenvalue weighted by Gasteiger charge is -2.20. The fourth-order valence-electron chi connectivity index (χ4n) is 3.22. The third-order valence-corrected chi connectivity index (χ3v) is 13.1. The van der Waals surface area contributed by atoms with E-state index in [2.05, 4.69) is 151 Å². The summed E-state index contributed by atoms with van der Waals surface area (Å²) < 4.78 is 18.0. The van der Waals surface area contributed by atoms with Crippen LogP contribution in [0.3, 0.4) is 0 Å². The average Bonchev–Trinajstić information content (AvgIpc) is 2.82. The molecule has 3 aromatic rings. The summed E-state index contributed by atoms with van der Waals surface area (Å²) in [4.78, 5) is 26.7. The molecule has 0 spiro atoms. The molecule has 12 heteroatoms. The van der Waals surface area contributed by atoms with Gasteiger partial charge in [0.2, 0.25) is 0 Å². The Morgan fingerprint density at radius 1 is 0.750 bits per heavy atom. The second-order valence-electron chi connectivity index (χ2n) is 7.35. The quantitative estimate of drug-likeness (QED) is 0.139. The maximum atomic E-state index is 12.8. The standard InChI is InChI=1S/C24H16BrI6NO4/c25-13-2-1-3-15(10-13)32(6-8-35-23(33)16-11-14(26)12-19(29)21(16)30)7-9-36-24(34)20-17(27)4-5-18(28)22(20)31/h1-5,10-12H,6-9H2/p+1. The summed E-state index contributed by atoms with van der Waals surface area (Å²) in [5.74, 6) is -0.663. The number of carbonyl (C=O) groups is 2. The van der Waals surface area contributed by atoms with Gasteiger partial charge in [-0.1, -0.05) is 22.0 Å². The van der Waals surface area contributed by atoms with Crippen LogP contribution in [0, 0.1) is 21.4 Å². The highest BCUT2D eigenvalue weighted by molar-refractivity contribution is 14.1. The first-order valence-corrected chi connectivity index (χ1v) is 17.6. The molecule has 0 aliphatic heterocycles. The van der Waals surface area contributed by atoms with Crippen molar-refractivity contribution < 1.29 is 24.0 Å². The van der Waals surface area contributed by atoms with Crippen molar-refractivity contribution in [2.24, 2.45) is 0 Å². The van der Waals surface area contributed by atoms with Crippen LogP contribution in [0.15, 0.2) is 53.0 Å². The molecule has 1 N–H and O–H groups in total. The molecule has 190 valence electrons. The minimum absolute atomic E-state index is 0.235. The minimum atomic E-state index is -0.335. The van der Waals surface area contributed by atoms with Gasteiger partial charge in [-0.15, -0.1) is 0 Å². The second kappa shape index (κ2) is 15.4. The lowest BCUT2D eigenvalue weighted by molar-refractivity contribution is -0.833. The molecule has 0 heterocycles. The molecular formula is C24H17BrI6NO4+. The Hall–Kier alpha value is 1.42. The van der Waals surface area contributed by atoms with Crippen LogP contribution < -0.4 is 4.90 Å². The van der Waals surface area contributed by atoms with Gasteiger partial charge in [0.05, 0.1) is 11.1 Å². The Kier molecular flexibility index (Phi) is 13.7. The number of carbonyl (C=O) groups excluding carboxylic acids is 2. The van der Waals surface area contributed by atoms with E-state index in [0.29, 0.717) is 24.2 Å². The summed E-state index contributed by atoms with van der Waals surface area (Å²) in [6.07, 6.45) is 0. The van der Waals surface area contributed by atoms with E-state index in [0.717, 1.165) is 36.5 Å². The van der Waals surface area contributed by atoms with Crippen LogP contribution in [0.5, 0.6) is 0 Å². The Bertz CT molecular complexity index is 1290. The number of benzene rings is 3. The average molecular weight is 1220 g/mol. The van der Waals surface area contributed by atoms with Gasteiger partial charge in [0.1, 0.15) is 32.0 Å². The van der Waals surface area contributed by atoms with Gasteiger partial charge in [-0.2, -0.15) is 0 Å². The van der Waals surface area contributed by atoms with Crippen molar-refractivity contribution in [3.63, 3.8) is 0 Å². The third-order valence-electron chi connectivity index (χ3n) is 4.97. The minimum Gasteiger partial charge on any atom is -0.456 e. The van der Waals surface area contributed by atoms with Crippen molar-refractivity contribution in [2.75, 3.05) is 26.3 Å². The van der Waals surface area contributed by atoms with Crippen molar-refractivity contribution in [3.8, 4) is 0 Å². The summed E-state index contributed by atoms with van der Waals surface area (Å²) >= 11 is 16.7. The summed E-state index contributed by atoms with van der Waals surface area (Å²) in [6.45, 7) is 1.55. The molecule has 1 unspecified atom stereocenters. The van der Waals surface area contributed by atoms with Crippen LogP contribution in [0.25, 0.3) is 0 Å². The van der Waals surface area contributed by atoms with Gasteiger partial charge in [0.15, 0.2) is 0 Å². The van der Waals surface area contributed by atoms with E-state index in [1.807, 2.05) is 48.5 Å². The van der Waals surface area contributed by atoms with E-state index in [1.165, 1.54) is 0 Å². The largest absolute Gasteiger partial charge is 0.456 e. The molecule has 0 aliphatic rings. The monoisotopic (exact) mass is 1220 g/mol. The second-order valence-corrected chi connectivity index (χ2v) is 15.2. The molecule has 0 aromatic heterocycles. The molecule has 0 fully saturated rings. The highest BCUT2D eigenvalue weighted by Gasteiger charge is 2.21. The van der Waals surface area contributed by atoms with Crippen LogP contribution in [-0.4, -0.2) is 38.2 Å². The molecule has 3 rings (SSSR count). The molecule has 3 aromatic carbocycles. The van der Waals surface area contributed by atoms with Crippen LogP contribution >= 0.6 is 151 Å². The first-order valence-electron chi connectivity index (χ1n) is 10.3. The van der Waals surface area contributed by atoms with E-state index in [9.17, 15) is 9.59 Å². The van der Waals surface area contributed by atoms with E-state index >= 15 is 0 Å². The van der Waals surface area contributed by atoms with Gasteiger partial charge in [-0.05, 0) is 172 Å². The molecule has 1 atom stereocenters. The van der Waals surface area contributed by atoms with Crippen molar-refractivity contribution >= 4 is 169 Å². The van der Waals surface area contributed by atoms with Gasteiger partial charge in [-0.25, -0.2) is 9.59 Å². The fourth-order valence-corrected chi connectivity index (χ4v) is 8.33.